The Kier molecular flexibility index (Phi) is 9.05. The third-order valence-electron chi connectivity index (χ3n) is 10.00. The van der Waals surface area contributed by atoms with Gasteiger partial charge in [0.1, 0.15) is 5.82 Å². The maximum absolute atomic E-state index is 14.2. The molecule has 1 atom stereocenters. The van der Waals surface area contributed by atoms with Gasteiger partial charge in [0.25, 0.3) is 17.7 Å². The molecule has 0 unspecified atom stereocenters. The van der Waals surface area contributed by atoms with Crippen LogP contribution in [-0.4, -0.2) is 65.7 Å². The van der Waals surface area contributed by atoms with Gasteiger partial charge in [-0.15, -0.1) is 11.3 Å². The SMILES string of the molecule is Cc1cnc(N2CC3(CCOCC3)C2)c(C(=O)Nc2ccc(C(=O)N3c4ccccc4N=C(c4ccc(C(=O)Nc5ncccc5F)s4)[C@H]3C)cc2)c1. The van der Waals surface area contributed by atoms with Gasteiger partial charge in [-0.25, -0.2) is 19.4 Å². The summed E-state index contributed by atoms with van der Waals surface area (Å²) >= 11 is 1.20. The van der Waals surface area contributed by atoms with E-state index >= 15 is 0 Å². The highest BCUT2D eigenvalue weighted by Crippen LogP contribution is 2.43. The van der Waals surface area contributed by atoms with Gasteiger partial charge >= 0.3 is 0 Å². The van der Waals surface area contributed by atoms with Crippen LogP contribution in [0.5, 0.6) is 0 Å². The zero-order valence-electron chi connectivity index (χ0n) is 29.1. The molecule has 3 aliphatic heterocycles. The molecule has 1 spiro atoms. The lowest BCUT2D eigenvalue weighted by molar-refractivity contribution is -0.000511. The average molecular weight is 730 g/mol. The third kappa shape index (κ3) is 6.69. The van der Waals surface area contributed by atoms with E-state index < -0.39 is 17.8 Å². The first kappa shape index (κ1) is 34.3. The van der Waals surface area contributed by atoms with Crippen molar-refractivity contribution in [3.8, 4) is 0 Å². The Morgan fingerprint density at radius 1 is 0.925 bits per heavy atom. The van der Waals surface area contributed by atoms with E-state index in [0.29, 0.717) is 49.5 Å². The van der Waals surface area contributed by atoms with Crippen LogP contribution in [0, 0.1) is 18.2 Å². The summed E-state index contributed by atoms with van der Waals surface area (Å²) in [6.07, 6.45) is 5.22. The number of anilines is 4. The van der Waals surface area contributed by atoms with Crippen molar-refractivity contribution in [1.29, 1.82) is 0 Å². The van der Waals surface area contributed by atoms with E-state index in [9.17, 15) is 18.8 Å². The second kappa shape index (κ2) is 14.0. The monoisotopic (exact) mass is 729 g/mol. The normalized spacial score (nSPS) is 17.4. The van der Waals surface area contributed by atoms with E-state index in [-0.39, 0.29) is 23.0 Å². The van der Waals surface area contributed by atoms with Gasteiger partial charge in [-0.1, -0.05) is 12.1 Å². The van der Waals surface area contributed by atoms with Crippen LogP contribution in [0.2, 0.25) is 0 Å². The van der Waals surface area contributed by atoms with E-state index in [1.54, 1.807) is 47.5 Å². The number of thiophene rings is 1. The maximum atomic E-state index is 14.2. The summed E-state index contributed by atoms with van der Waals surface area (Å²) in [6, 6.07) is 21.7. The number of aryl methyl sites for hydroxylation is 1. The summed E-state index contributed by atoms with van der Waals surface area (Å²) < 4.78 is 19.7. The van der Waals surface area contributed by atoms with Crippen LogP contribution in [0.1, 0.15) is 60.6 Å². The molecule has 0 bridgehead atoms. The molecule has 13 heteroatoms. The molecule has 0 radical (unpaired) electrons. The smallest absolute Gasteiger partial charge is 0.266 e. The summed E-state index contributed by atoms with van der Waals surface area (Å²) in [7, 11) is 0. The Balaban J connectivity index is 0.988. The number of carbonyl (C=O) groups is 3. The van der Waals surface area contributed by atoms with Crippen molar-refractivity contribution < 1.29 is 23.5 Å². The highest BCUT2D eigenvalue weighted by molar-refractivity contribution is 7.16. The van der Waals surface area contributed by atoms with Gasteiger partial charge in [0.2, 0.25) is 0 Å². The molecule has 2 aromatic carbocycles. The average Bonchev–Trinajstić information content (AvgIpc) is 3.65. The molecule has 3 aromatic heterocycles. The first-order valence-electron chi connectivity index (χ1n) is 17.4. The minimum atomic E-state index is -0.632. The number of benzene rings is 2. The second-order valence-corrected chi connectivity index (χ2v) is 14.8. The lowest BCUT2D eigenvalue weighted by atomic mass is 9.73. The Morgan fingerprint density at radius 2 is 1.70 bits per heavy atom. The standard InChI is InChI=1S/C40H36FN7O4S/c1-24-20-28(36(43-21-24)47-22-40(23-47)15-18-52-19-16-40)37(49)44-27-11-9-26(10-12-27)39(51)48-25(2)34(45-30-7-3-4-8-31(30)48)32-13-14-33(53-32)38(50)46-35-29(41)6-5-17-42-35/h3-14,17,20-21,25H,15-16,18-19,22-23H2,1-2H3,(H,44,49)(H,42,46,50)/t25-/m1/s1. The molecule has 0 aliphatic carbocycles. The molecule has 11 nitrogen and oxygen atoms in total. The fourth-order valence-corrected chi connectivity index (χ4v) is 8.13. The molecule has 2 fully saturated rings. The number of nitrogens with one attached hydrogen (secondary N) is 2. The van der Waals surface area contributed by atoms with Crippen LogP contribution in [0.3, 0.4) is 0 Å². The summed E-state index contributed by atoms with van der Waals surface area (Å²) in [5.74, 6) is -1.13. The van der Waals surface area contributed by atoms with Gasteiger partial charge in [-0.3, -0.25) is 19.3 Å². The number of ether oxygens (including phenoxy) is 1. The number of halogens is 1. The number of aromatic nitrogens is 2. The fraction of sp³-hybridized carbons (Fsp3) is 0.250. The van der Waals surface area contributed by atoms with Crippen molar-refractivity contribution in [1.82, 2.24) is 9.97 Å². The molecule has 2 saturated heterocycles. The number of carbonyl (C=O) groups excluding carboxylic acids is 3. The summed E-state index contributed by atoms with van der Waals surface area (Å²) in [5, 5.41) is 5.52. The molecular formula is C40H36FN7O4S. The van der Waals surface area contributed by atoms with E-state index in [1.807, 2.05) is 44.2 Å². The lowest BCUT2D eigenvalue weighted by Gasteiger charge is -2.53. The highest BCUT2D eigenvalue weighted by Gasteiger charge is 2.45. The van der Waals surface area contributed by atoms with Gasteiger partial charge < -0.3 is 20.3 Å². The Labute approximate surface area is 309 Å². The molecule has 8 rings (SSSR count). The van der Waals surface area contributed by atoms with Crippen LogP contribution in [0.4, 0.5) is 33.1 Å². The predicted octanol–water partition coefficient (Wildman–Crippen LogP) is 7.28. The number of pyridine rings is 2. The predicted molar refractivity (Wildman–Crippen MR) is 203 cm³/mol. The largest absolute Gasteiger partial charge is 0.381 e. The van der Waals surface area contributed by atoms with Crippen LogP contribution in [0.15, 0.2) is 96.2 Å². The number of hydrogen-bond acceptors (Lipinski definition) is 9. The first-order chi connectivity index (χ1) is 25.7. The van der Waals surface area contributed by atoms with Crippen molar-refractivity contribution in [3.63, 3.8) is 0 Å². The van der Waals surface area contributed by atoms with Crippen molar-refractivity contribution >= 4 is 63.5 Å². The molecular weight excluding hydrogens is 694 g/mol. The molecule has 53 heavy (non-hydrogen) atoms. The van der Waals surface area contributed by atoms with Crippen molar-refractivity contribution in [2.75, 3.05) is 46.7 Å². The van der Waals surface area contributed by atoms with Gasteiger partial charge in [0.15, 0.2) is 11.6 Å². The second-order valence-electron chi connectivity index (χ2n) is 13.7. The number of hydrogen-bond donors (Lipinski definition) is 2. The third-order valence-corrected chi connectivity index (χ3v) is 11.1. The van der Waals surface area contributed by atoms with Crippen molar-refractivity contribution in [2.45, 2.75) is 32.7 Å². The Hall–Kier alpha value is -5.79. The zero-order chi connectivity index (χ0) is 36.7. The van der Waals surface area contributed by atoms with Crippen LogP contribution < -0.4 is 20.4 Å². The van der Waals surface area contributed by atoms with Gasteiger partial charge in [-0.2, -0.15) is 0 Å². The fourth-order valence-electron chi connectivity index (χ4n) is 7.16. The van der Waals surface area contributed by atoms with Crippen molar-refractivity contribution in [3.05, 3.63) is 124 Å². The zero-order valence-corrected chi connectivity index (χ0v) is 30.0. The minimum absolute atomic E-state index is 0.153. The van der Waals surface area contributed by atoms with Gasteiger partial charge in [0.05, 0.1) is 38.4 Å². The number of rotatable bonds is 7. The van der Waals surface area contributed by atoms with E-state index in [2.05, 4.69) is 25.5 Å². The van der Waals surface area contributed by atoms with E-state index in [4.69, 9.17) is 9.73 Å². The molecule has 0 saturated carbocycles. The summed E-state index contributed by atoms with van der Waals surface area (Å²) in [4.78, 5) is 59.2. The first-order valence-corrected chi connectivity index (χ1v) is 18.2. The quantitative estimate of drug-likeness (QED) is 0.180. The summed E-state index contributed by atoms with van der Waals surface area (Å²) in [6.45, 7) is 7.05. The molecule has 6 heterocycles. The molecule has 2 N–H and O–H groups in total. The van der Waals surface area contributed by atoms with Crippen LogP contribution in [-0.2, 0) is 4.74 Å². The molecule has 268 valence electrons. The molecule has 5 aromatic rings. The number of aliphatic imine (C=N–C) groups is 1. The maximum Gasteiger partial charge on any atom is 0.266 e. The van der Waals surface area contributed by atoms with E-state index in [1.165, 1.54) is 29.7 Å². The van der Waals surface area contributed by atoms with Crippen LogP contribution in [0.25, 0.3) is 0 Å². The minimum Gasteiger partial charge on any atom is -0.381 e. The van der Waals surface area contributed by atoms with Crippen molar-refractivity contribution in [2.24, 2.45) is 10.4 Å². The molecule has 3 amide bonds. The van der Waals surface area contributed by atoms with E-state index in [0.717, 1.165) is 44.7 Å². The number of nitrogens with zero attached hydrogens (tertiary/aromatic N) is 5. The highest BCUT2D eigenvalue weighted by atomic mass is 32.1. The Morgan fingerprint density at radius 3 is 2.47 bits per heavy atom. The number of para-hydroxylation sites is 2. The van der Waals surface area contributed by atoms with Crippen LogP contribution >= 0.6 is 11.3 Å². The van der Waals surface area contributed by atoms with Gasteiger partial charge in [-0.05, 0) is 99.0 Å². The number of fused-ring (bicyclic) bond motifs is 1. The van der Waals surface area contributed by atoms with Gasteiger partial charge in [0, 0.05) is 55.4 Å². The molecule has 3 aliphatic rings. The Bertz CT molecular complexity index is 2260. The lowest BCUT2D eigenvalue weighted by Crippen LogP contribution is -2.59. The number of amides is 3. The topological polar surface area (TPSA) is 129 Å². The summed E-state index contributed by atoms with van der Waals surface area (Å²) in [5.41, 5.74) is 4.48.